The molecule has 98 valence electrons. The van der Waals surface area contributed by atoms with Crippen molar-refractivity contribution in [1.82, 2.24) is 0 Å². The molecule has 0 spiro atoms. The summed E-state index contributed by atoms with van der Waals surface area (Å²) in [7, 11) is 0. The number of benzene rings is 2. The molecule has 2 aromatic carbocycles. The fourth-order valence-electron chi connectivity index (χ4n) is 3.24. The molecule has 1 unspecified atom stereocenters. The first-order valence-electron chi connectivity index (χ1n) is 7.04. The highest BCUT2D eigenvalue weighted by Gasteiger charge is 2.34. The van der Waals surface area contributed by atoms with Crippen molar-refractivity contribution < 1.29 is 5.11 Å². The van der Waals surface area contributed by atoms with E-state index in [4.69, 9.17) is 0 Å². The lowest BCUT2D eigenvalue weighted by Crippen LogP contribution is -2.33. The third-order valence-corrected chi connectivity index (χ3v) is 4.13. The number of hydrogen-bond acceptors (Lipinski definition) is 1. The Morgan fingerprint density at radius 2 is 1.95 bits per heavy atom. The maximum Gasteiger partial charge on any atom is 0.0939 e. The van der Waals surface area contributed by atoms with Gasteiger partial charge in [-0.3, -0.25) is 0 Å². The van der Waals surface area contributed by atoms with Crippen LogP contribution in [0, 0.1) is 6.92 Å². The smallest absolute Gasteiger partial charge is 0.0939 e. The van der Waals surface area contributed by atoms with E-state index in [1.165, 1.54) is 16.7 Å². The van der Waals surface area contributed by atoms with E-state index in [1.807, 2.05) is 6.07 Å². The van der Waals surface area contributed by atoms with Crippen LogP contribution in [0.1, 0.15) is 35.1 Å². The van der Waals surface area contributed by atoms with Crippen molar-refractivity contribution in [2.45, 2.75) is 38.2 Å². The van der Waals surface area contributed by atoms with E-state index < -0.39 is 5.60 Å². The van der Waals surface area contributed by atoms with Crippen molar-refractivity contribution >= 4 is 0 Å². The molecule has 0 saturated carbocycles. The maximum absolute atomic E-state index is 11.1. The van der Waals surface area contributed by atoms with E-state index in [0.717, 1.165) is 24.8 Å². The average Bonchev–Trinajstić information content (AvgIpc) is 2.39. The second-order valence-electron chi connectivity index (χ2n) is 5.71. The number of rotatable bonds is 2. The van der Waals surface area contributed by atoms with E-state index in [-0.39, 0.29) is 0 Å². The molecule has 0 aliphatic heterocycles. The first kappa shape index (κ1) is 12.4. The number of aliphatic hydroxyl groups is 1. The Kier molecular flexibility index (Phi) is 3.16. The largest absolute Gasteiger partial charge is 0.385 e. The molecule has 1 nitrogen and oxygen atoms in total. The first-order chi connectivity index (χ1) is 9.17. The van der Waals surface area contributed by atoms with Gasteiger partial charge in [-0.2, -0.15) is 0 Å². The van der Waals surface area contributed by atoms with E-state index in [9.17, 15) is 5.11 Å². The van der Waals surface area contributed by atoms with Gasteiger partial charge >= 0.3 is 0 Å². The SMILES string of the molecule is Cc1cccc(CC2(O)CCCc3ccccc32)c1. The second-order valence-corrected chi connectivity index (χ2v) is 5.71. The summed E-state index contributed by atoms with van der Waals surface area (Å²) in [6.07, 6.45) is 3.73. The molecule has 1 aliphatic rings. The Morgan fingerprint density at radius 1 is 1.11 bits per heavy atom. The lowest BCUT2D eigenvalue weighted by Gasteiger charge is -2.34. The van der Waals surface area contributed by atoms with E-state index >= 15 is 0 Å². The fraction of sp³-hybridized carbons (Fsp3) is 0.333. The van der Waals surface area contributed by atoms with Crippen molar-refractivity contribution in [3.63, 3.8) is 0 Å². The highest BCUT2D eigenvalue weighted by molar-refractivity contribution is 5.37. The molecule has 0 heterocycles. The van der Waals surface area contributed by atoms with Gasteiger partial charge < -0.3 is 5.11 Å². The van der Waals surface area contributed by atoms with Gasteiger partial charge in [0.2, 0.25) is 0 Å². The molecular formula is C18H20O. The summed E-state index contributed by atoms with van der Waals surface area (Å²) in [5, 5.41) is 11.1. The number of fused-ring (bicyclic) bond motifs is 1. The quantitative estimate of drug-likeness (QED) is 0.862. The maximum atomic E-state index is 11.1. The summed E-state index contributed by atoms with van der Waals surface area (Å²) >= 11 is 0. The Hall–Kier alpha value is -1.60. The molecule has 0 amide bonds. The highest BCUT2D eigenvalue weighted by atomic mass is 16.3. The van der Waals surface area contributed by atoms with Crippen LogP contribution in [0.5, 0.6) is 0 Å². The minimum absolute atomic E-state index is 0.692. The summed E-state index contributed by atoms with van der Waals surface area (Å²) in [6, 6.07) is 16.8. The Morgan fingerprint density at radius 3 is 2.79 bits per heavy atom. The summed E-state index contributed by atoms with van der Waals surface area (Å²) in [5.41, 5.74) is 4.22. The van der Waals surface area contributed by atoms with Gasteiger partial charge in [-0.15, -0.1) is 0 Å². The van der Waals surface area contributed by atoms with Crippen molar-refractivity contribution in [3.05, 3.63) is 70.8 Å². The van der Waals surface area contributed by atoms with E-state index in [1.54, 1.807) is 0 Å². The van der Waals surface area contributed by atoms with Gasteiger partial charge in [-0.1, -0.05) is 54.1 Å². The Labute approximate surface area is 114 Å². The molecule has 1 aliphatic carbocycles. The summed E-state index contributed by atoms with van der Waals surface area (Å²) < 4.78 is 0. The van der Waals surface area contributed by atoms with Crippen LogP contribution in [0.3, 0.4) is 0 Å². The molecule has 3 rings (SSSR count). The van der Waals surface area contributed by atoms with Crippen LogP contribution in [0.2, 0.25) is 0 Å². The second kappa shape index (κ2) is 4.82. The molecule has 0 aromatic heterocycles. The van der Waals surface area contributed by atoms with Crippen LogP contribution in [-0.4, -0.2) is 5.11 Å². The van der Waals surface area contributed by atoms with Gasteiger partial charge in [-0.25, -0.2) is 0 Å². The van der Waals surface area contributed by atoms with Gasteiger partial charge in [0.05, 0.1) is 5.60 Å². The van der Waals surface area contributed by atoms with Crippen LogP contribution in [-0.2, 0) is 18.4 Å². The van der Waals surface area contributed by atoms with E-state index in [0.29, 0.717) is 6.42 Å². The van der Waals surface area contributed by atoms with Crippen LogP contribution < -0.4 is 0 Å². The van der Waals surface area contributed by atoms with Crippen LogP contribution in [0.4, 0.5) is 0 Å². The van der Waals surface area contributed by atoms with Crippen LogP contribution >= 0.6 is 0 Å². The third-order valence-electron chi connectivity index (χ3n) is 4.13. The molecule has 0 radical (unpaired) electrons. The molecule has 0 fully saturated rings. The van der Waals surface area contributed by atoms with Crippen LogP contribution in [0.15, 0.2) is 48.5 Å². The minimum Gasteiger partial charge on any atom is -0.385 e. The molecule has 0 saturated heterocycles. The van der Waals surface area contributed by atoms with Gasteiger partial charge in [0, 0.05) is 6.42 Å². The van der Waals surface area contributed by atoms with Crippen molar-refractivity contribution in [2.24, 2.45) is 0 Å². The van der Waals surface area contributed by atoms with Crippen LogP contribution in [0.25, 0.3) is 0 Å². The summed E-state index contributed by atoms with van der Waals surface area (Å²) in [5.74, 6) is 0. The monoisotopic (exact) mass is 252 g/mol. The third kappa shape index (κ3) is 2.43. The molecular weight excluding hydrogens is 232 g/mol. The number of hydrogen-bond donors (Lipinski definition) is 1. The predicted octanol–water partition coefficient (Wildman–Crippen LogP) is 3.76. The Bertz CT molecular complexity index is 588. The molecule has 19 heavy (non-hydrogen) atoms. The lowest BCUT2D eigenvalue weighted by atomic mass is 9.76. The lowest BCUT2D eigenvalue weighted by molar-refractivity contribution is 0.0190. The zero-order chi connectivity index (χ0) is 13.3. The normalized spacial score (nSPS) is 22.0. The van der Waals surface area contributed by atoms with Gasteiger partial charge in [0.1, 0.15) is 0 Å². The zero-order valence-electron chi connectivity index (χ0n) is 11.4. The number of aryl methyl sites for hydroxylation is 2. The standard InChI is InChI=1S/C18H20O/c1-14-6-4-7-15(12-14)13-18(19)11-5-9-16-8-2-3-10-17(16)18/h2-4,6-8,10,12,19H,5,9,11,13H2,1H3. The van der Waals surface area contributed by atoms with Gasteiger partial charge in [0.25, 0.3) is 0 Å². The van der Waals surface area contributed by atoms with Crippen molar-refractivity contribution in [1.29, 1.82) is 0 Å². The fourth-order valence-corrected chi connectivity index (χ4v) is 3.24. The van der Waals surface area contributed by atoms with Gasteiger partial charge in [-0.05, 0) is 42.9 Å². The summed E-state index contributed by atoms with van der Waals surface area (Å²) in [4.78, 5) is 0. The highest BCUT2D eigenvalue weighted by Crippen LogP contribution is 2.37. The zero-order valence-corrected chi connectivity index (χ0v) is 11.4. The molecule has 0 bridgehead atoms. The summed E-state index contributed by atoms with van der Waals surface area (Å²) in [6.45, 7) is 2.10. The molecule has 1 heteroatoms. The van der Waals surface area contributed by atoms with Crippen molar-refractivity contribution in [2.75, 3.05) is 0 Å². The molecule has 1 N–H and O–H groups in total. The molecule has 1 atom stereocenters. The molecule has 2 aromatic rings. The van der Waals surface area contributed by atoms with E-state index in [2.05, 4.69) is 49.4 Å². The first-order valence-corrected chi connectivity index (χ1v) is 7.04. The van der Waals surface area contributed by atoms with Crippen molar-refractivity contribution in [3.8, 4) is 0 Å². The van der Waals surface area contributed by atoms with Gasteiger partial charge in [0.15, 0.2) is 0 Å². The topological polar surface area (TPSA) is 20.2 Å². The Balaban J connectivity index is 1.96. The average molecular weight is 252 g/mol. The predicted molar refractivity (Wildman–Crippen MR) is 78.2 cm³/mol. The minimum atomic E-state index is -0.692.